The van der Waals surface area contributed by atoms with E-state index in [0.717, 1.165) is 12.0 Å². The molecule has 0 saturated heterocycles. The molecule has 0 spiro atoms. The highest BCUT2D eigenvalue weighted by molar-refractivity contribution is 5.97. The zero-order valence-electron chi connectivity index (χ0n) is 10.4. The SMILES string of the molecule is CC(C)Cc1cccc(C(=O)C(C)CN)c1. The molecule has 0 aliphatic heterocycles. The van der Waals surface area contributed by atoms with Crippen LogP contribution in [0.2, 0.25) is 0 Å². The first-order valence-electron chi connectivity index (χ1n) is 5.87. The van der Waals surface area contributed by atoms with Crippen molar-refractivity contribution in [3.63, 3.8) is 0 Å². The maximum atomic E-state index is 11.9. The molecule has 1 rings (SSSR count). The zero-order valence-corrected chi connectivity index (χ0v) is 10.4. The van der Waals surface area contributed by atoms with Gasteiger partial charge in [-0.1, -0.05) is 39.0 Å². The van der Waals surface area contributed by atoms with Crippen LogP contribution in [0.1, 0.15) is 36.7 Å². The molecule has 1 aromatic rings. The Bertz CT molecular complexity index is 358. The summed E-state index contributed by atoms with van der Waals surface area (Å²) in [6.45, 7) is 6.64. The Morgan fingerprint density at radius 2 is 2.00 bits per heavy atom. The van der Waals surface area contributed by atoms with Gasteiger partial charge in [-0.05, 0) is 24.0 Å². The van der Waals surface area contributed by atoms with Gasteiger partial charge in [0.2, 0.25) is 0 Å². The molecule has 1 aromatic carbocycles. The van der Waals surface area contributed by atoms with Crippen molar-refractivity contribution in [2.75, 3.05) is 6.54 Å². The van der Waals surface area contributed by atoms with E-state index in [-0.39, 0.29) is 11.7 Å². The second-order valence-corrected chi connectivity index (χ2v) is 4.80. The van der Waals surface area contributed by atoms with Crippen molar-refractivity contribution in [1.82, 2.24) is 0 Å². The van der Waals surface area contributed by atoms with Gasteiger partial charge >= 0.3 is 0 Å². The van der Waals surface area contributed by atoms with Crippen LogP contribution in [-0.4, -0.2) is 12.3 Å². The highest BCUT2D eigenvalue weighted by atomic mass is 16.1. The van der Waals surface area contributed by atoms with Crippen molar-refractivity contribution in [2.24, 2.45) is 17.6 Å². The van der Waals surface area contributed by atoms with Gasteiger partial charge in [-0.3, -0.25) is 4.79 Å². The first kappa shape index (κ1) is 12.9. The van der Waals surface area contributed by atoms with Gasteiger partial charge in [-0.2, -0.15) is 0 Å². The second kappa shape index (κ2) is 5.80. The van der Waals surface area contributed by atoms with Gasteiger partial charge in [-0.15, -0.1) is 0 Å². The molecule has 0 fully saturated rings. The van der Waals surface area contributed by atoms with Crippen LogP contribution in [0.5, 0.6) is 0 Å². The predicted octanol–water partition coefficient (Wildman–Crippen LogP) is 2.66. The normalized spacial score (nSPS) is 12.8. The molecule has 2 nitrogen and oxygen atoms in total. The lowest BCUT2D eigenvalue weighted by molar-refractivity contribution is 0.0934. The largest absolute Gasteiger partial charge is 0.330 e. The Labute approximate surface area is 97.9 Å². The van der Waals surface area contributed by atoms with E-state index in [4.69, 9.17) is 5.73 Å². The standard InChI is InChI=1S/C14H21NO/c1-10(2)7-12-5-4-6-13(8-12)14(16)11(3)9-15/h4-6,8,10-11H,7,9,15H2,1-3H3. The predicted molar refractivity (Wildman–Crippen MR) is 67.5 cm³/mol. The van der Waals surface area contributed by atoms with Crippen molar-refractivity contribution >= 4 is 5.78 Å². The molecule has 1 unspecified atom stereocenters. The van der Waals surface area contributed by atoms with E-state index in [9.17, 15) is 4.79 Å². The first-order chi connectivity index (χ1) is 7.54. The van der Waals surface area contributed by atoms with Gasteiger partial charge in [0.15, 0.2) is 5.78 Å². The van der Waals surface area contributed by atoms with Crippen molar-refractivity contribution < 1.29 is 4.79 Å². The van der Waals surface area contributed by atoms with Crippen molar-refractivity contribution in [1.29, 1.82) is 0 Å². The third kappa shape index (κ3) is 3.46. The number of benzene rings is 1. The summed E-state index contributed by atoms with van der Waals surface area (Å²) in [6.07, 6.45) is 1.01. The monoisotopic (exact) mass is 219 g/mol. The number of Topliss-reactive ketones (excluding diaryl/α,β-unsaturated/α-hetero) is 1. The minimum absolute atomic E-state index is 0.0886. The van der Waals surface area contributed by atoms with Crippen LogP contribution in [0.3, 0.4) is 0 Å². The molecule has 16 heavy (non-hydrogen) atoms. The minimum atomic E-state index is -0.0886. The summed E-state index contributed by atoms with van der Waals surface area (Å²) in [6, 6.07) is 7.89. The van der Waals surface area contributed by atoms with Crippen LogP contribution in [0, 0.1) is 11.8 Å². The van der Waals surface area contributed by atoms with E-state index in [1.807, 2.05) is 25.1 Å². The summed E-state index contributed by atoms with van der Waals surface area (Å²) in [5, 5.41) is 0. The van der Waals surface area contributed by atoms with E-state index in [1.54, 1.807) is 0 Å². The topological polar surface area (TPSA) is 43.1 Å². The van der Waals surface area contributed by atoms with Gasteiger partial charge in [-0.25, -0.2) is 0 Å². The zero-order chi connectivity index (χ0) is 12.1. The lowest BCUT2D eigenvalue weighted by Crippen LogP contribution is -2.20. The Morgan fingerprint density at radius 1 is 1.31 bits per heavy atom. The lowest BCUT2D eigenvalue weighted by Gasteiger charge is -2.10. The highest BCUT2D eigenvalue weighted by Crippen LogP contribution is 2.13. The van der Waals surface area contributed by atoms with Crippen molar-refractivity contribution in [3.05, 3.63) is 35.4 Å². The molecule has 0 heterocycles. The molecule has 0 bridgehead atoms. The summed E-state index contributed by atoms with van der Waals surface area (Å²) in [5.74, 6) is 0.666. The van der Waals surface area contributed by atoms with Crippen LogP contribution in [0.25, 0.3) is 0 Å². The molecule has 0 radical (unpaired) electrons. The number of rotatable bonds is 5. The number of hydrogen-bond donors (Lipinski definition) is 1. The van der Waals surface area contributed by atoms with Crippen LogP contribution >= 0.6 is 0 Å². The summed E-state index contributed by atoms with van der Waals surface area (Å²) in [5.41, 5.74) is 7.52. The van der Waals surface area contributed by atoms with Crippen LogP contribution in [0.4, 0.5) is 0 Å². The van der Waals surface area contributed by atoms with E-state index in [0.29, 0.717) is 12.5 Å². The quantitative estimate of drug-likeness (QED) is 0.774. The second-order valence-electron chi connectivity index (χ2n) is 4.80. The van der Waals surface area contributed by atoms with E-state index < -0.39 is 0 Å². The van der Waals surface area contributed by atoms with Crippen LogP contribution in [0.15, 0.2) is 24.3 Å². The Morgan fingerprint density at radius 3 is 2.56 bits per heavy atom. The van der Waals surface area contributed by atoms with Gasteiger partial charge in [0.05, 0.1) is 0 Å². The molecule has 0 amide bonds. The van der Waals surface area contributed by atoms with E-state index >= 15 is 0 Å². The maximum Gasteiger partial charge on any atom is 0.166 e. The lowest BCUT2D eigenvalue weighted by atomic mass is 9.95. The third-order valence-corrected chi connectivity index (χ3v) is 2.66. The summed E-state index contributed by atoms with van der Waals surface area (Å²) >= 11 is 0. The smallest absolute Gasteiger partial charge is 0.166 e. The van der Waals surface area contributed by atoms with Crippen LogP contribution in [-0.2, 0) is 6.42 Å². The van der Waals surface area contributed by atoms with Gasteiger partial charge in [0.1, 0.15) is 0 Å². The molecule has 2 heteroatoms. The molecular formula is C14H21NO. The maximum absolute atomic E-state index is 11.9. The molecule has 88 valence electrons. The number of nitrogens with two attached hydrogens (primary N) is 1. The fourth-order valence-electron chi connectivity index (χ4n) is 1.71. The van der Waals surface area contributed by atoms with Crippen molar-refractivity contribution in [3.8, 4) is 0 Å². The summed E-state index contributed by atoms with van der Waals surface area (Å²) in [7, 11) is 0. The van der Waals surface area contributed by atoms with E-state index in [1.165, 1.54) is 5.56 Å². The number of hydrogen-bond acceptors (Lipinski definition) is 2. The molecule has 1 atom stereocenters. The van der Waals surface area contributed by atoms with Crippen LogP contribution < -0.4 is 5.73 Å². The number of carbonyl (C=O) groups excluding carboxylic acids is 1. The Hall–Kier alpha value is -1.15. The minimum Gasteiger partial charge on any atom is -0.330 e. The van der Waals surface area contributed by atoms with Gasteiger partial charge in [0.25, 0.3) is 0 Å². The summed E-state index contributed by atoms with van der Waals surface area (Å²) in [4.78, 5) is 11.9. The molecular weight excluding hydrogens is 198 g/mol. The Kier molecular flexibility index (Phi) is 4.69. The summed E-state index contributed by atoms with van der Waals surface area (Å²) < 4.78 is 0. The molecule has 0 aliphatic carbocycles. The number of ketones is 1. The first-order valence-corrected chi connectivity index (χ1v) is 5.87. The van der Waals surface area contributed by atoms with E-state index in [2.05, 4.69) is 19.9 Å². The molecule has 0 aromatic heterocycles. The average Bonchev–Trinajstić information content (AvgIpc) is 2.26. The fraction of sp³-hybridized carbons (Fsp3) is 0.500. The number of carbonyl (C=O) groups is 1. The van der Waals surface area contributed by atoms with Crippen molar-refractivity contribution in [2.45, 2.75) is 27.2 Å². The fourth-order valence-corrected chi connectivity index (χ4v) is 1.71. The third-order valence-electron chi connectivity index (χ3n) is 2.66. The van der Waals surface area contributed by atoms with Gasteiger partial charge in [0, 0.05) is 18.0 Å². The molecule has 2 N–H and O–H groups in total. The van der Waals surface area contributed by atoms with Gasteiger partial charge < -0.3 is 5.73 Å². The molecule has 0 aliphatic rings. The highest BCUT2D eigenvalue weighted by Gasteiger charge is 2.13. The molecule has 0 saturated carbocycles. The Balaban J connectivity index is 2.85. The average molecular weight is 219 g/mol.